The fourth-order valence-corrected chi connectivity index (χ4v) is 3.41. The third-order valence-electron chi connectivity index (χ3n) is 4.46. The summed E-state index contributed by atoms with van der Waals surface area (Å²) in [6, 6.07) is 23.7. The molecule has 4 aromatic rings. The Kier molecular flexibility index (Phi) is 5.17. The van der Waals surface area contributed by atoms with E-state index in [9.17, 15) is 0 Å². The monoisotopic (exact) mass is 436 g/mol. The van der Waals surface area contributed by atoms with Crippen molar-refractivity contribution in [2.24, 2.45) is 0 Å². The van der Waals surface area contributed by atoms with Gasteiger partial charge in [-0.05, 0) is 24.3 Å². The van der Waals surface area contributed by atoms with Gasteiger partial charge in [0.05, 0.1) is 25.7 Å². The average molecular weight is 437 g/mol. The van der Waals surface area contributed by atoms with Crippen LogP contribution in [-0.4, -0.2) is 14.2 Å². The third kappa shape index (κ3) is 3.66. The van der Waals surface area contributed by atoms with Crippen LogP contribution in [0, 0.1) is 0 Å². The molecule has 0 aliphatic heterocycles. The molecule has 0 spiro atoms. The van der Waals surface area contributed by atoms with Crippen LogP contribution in [0.15, 0.2) is 81.7 Å². The van der Waals surface area contributed by atoms with Crippen LogP contribution < -0.4 is 19.8 Å². The van der Waals surface area contributed by atoms with Crippen molar-refractivity contribution < 1.29 is 18.9 Å². The Bertz CT molecular complexity index is 1200. The van der Waals surface area contributed by atoms with E-state index >= 15 is 0 Å². The molecule has 140 valence electrons. The topological polar surface area (TPSA) is 45.6 Å². The van der Waals surface area contributed by atoms with Gasteiger partial charge in [0.1, 0.15) is 17.1 Å². The highest BCUT2D eigenvalue weighted by molar-refractivity contribution is 9.10. The molecule has 0 unspecified atom stereocenters. The zero-order chi connectivity index (χ0) is 19.5. The van der Waals surface area contributed by atoms with Gasteiger partial charge in [-0.3, -0.25) is 0 Å². The van der Waals surface area contributed by atoms with Gasteiger partial charge in [0, 0.05) is 22.2 Å². The molecule has 4 rings (SSSR count). The smallest absolute Gasteiger partial charge is 0.246 e. The van der Waals surface area contributed by atoms with Crippen LogP contribution in [0.2, 0.25) is 0 Å². The fraction of sp³-hybridized carbons (Fsp3) is 0.0870. The summed E-state index contributed by atoms with van der Waals surface area (Å²) in [5.41, 5.74) is 2.64. The Morgan fingerprint density at radius 1 is 0.857 bits per heavy atom. The van der Waals surface area contributed by atoms with Crippen LogP contribution in [0.25, 0.3) is 22.3 Å². The lowest BCUT2D eigenvalue weighted by molar-refractivity contribution is -0.401. The molecule has 0 saturated carbocycles. The van der Waals surface area contributed by atoms with Crippen molar-refractivity contribution in [3.63, 3.8) is 0 Å². The van der Waals surface area contributed by atoms with Crippen molar-refractivity contribution >= 4 is 32.6 Å². The second-order valence-electron chi connectivity index (χ2n) is 6.22. The Hall–Kier alpha value is -3.05. The standard InChI is InChI=1S/C23H18BrNO3/c1-26-17-9-10-19(23(13-17)27-2)25-20-14-22(15-6-4-3-5-7-15)28-21-11-8-16(24)12-18(20)21/h3-14H,1-2H3/p+1. The van der Waals surface area contributed by atoms with Crippen molar-refractivity contribution in [3.05, 3.63) is 82.6 Å². The van der Waals surface area contributed by atoms with Crippen molar-refractivity contribution in [1.29, 1.82) is 0 Å². The van der Waals surface area contributed by atoms with Crippen molar-refractivity contribution in [1.82, 2.24) is 0 Å². The number of hydrogen-bond donors (Lipinski definition) is 1. The van der Waals surface area contributed by atoms with Gasteiger partial charge in [0.2, 0.25) is 11.0 Å². The van der Waals surface area contributed by atoms with Crippen molar-refractivity contribution in [2.75, 3.05) is 14.2 Å². The highest BCUT2D eigenvalue weighted by Gasteiger charge is 2.13. The van der Waals surface area contributed by atoms with Gasteiger partial charge >= 0.3 is 0 Å². The molecule has 0 fully saturated rings. The van der Waals surface area contributed by atoms with Crippen molar-refractivity contribution in [3.8, 4) is 22.8 Å². The SMILES string of the molecule is COc1ccc([NH+]=c2cc(-c3ccccc3)oc3ccc(Br)cc23)c(OC)c1. The zero-order valence-electron chi connectivity index (χ0n) is 15.5. The van der Waals surface area contributed by atoms with Crippen LogP contribution in [-0.2, 0) is 0 Å². The van der Waals surface area contributed by atoms with Gasteiger partial charge in [0.25, 0.3) is 0 Å². The van der Waals surface area contributed by atoms with Crippen molar-refractivity contribution in [2.45, 2.75) is 0 Å². The highest BCUT2D eigenvalue weighted by atomic mass is 79.9. The molecule has 5 heteroatoms. The Labute approximate surface area is 171 Å². The lowest BCUT2D eigenvalue weighted by Crippen LogP contribution is -2.70. The summed E-state index contributed by atoms with van der Waals surface area (Å²) in [4.78, 5) is 3.49. The maximum Gasteiger partial charge on any atom is 0.246 e. The van der Waals surface area contributed by atoms with Crippen LogP contribution in [0.4, 0.5) is 5.69 Å². The molecule has 0 aliphatic carbocycles. The summed E-state index contributed by atoms with van der Waals surface area (Å²) < 4.78 is 18.0. The summed E-state index contributed by atoms with van der Waals surface area (Å²) in [5.74, 6) is 2.22. The van der Waals surface area contributed by atoms with E-state index in [0.717, 1.165) is 43.6 Å². The molecule has 0 aliphatic rings. The zero-order valence-corrected chi connectivity index (χ0v) is 17.1. The van der Waals surface area contributed by atoms with Crippen LogP contribution in [0.3, 0.4) is 0 Å². The number of ether oxygens (including phenoxy) is 2. The first-order valence-corrected chi connectivity index (χ1v) is 9.58. The maximum atomic E-state index is 6.16. The van der Waals surface area contributed by atoms with E-state index in [1.165, 1.54) is 0 Å². The van der Waals surface area contributed by atoms with Gasteiger partial charge in [-0.2, -0.15) is 0 Å². The lowest BCUT2D eigenvalue weighted by Gasteiger charge is -2.05. The molecular formula is C23H19BrNO3+. The molecule has 0 atom stereocenters. The van der Waals surface area contributed by atoms with Crippen LogP contribution in [0.5, 0.6) is 11.5 Å². The van der Waals surface area contributed by atoms with Gasteiger partial charge in [-0.15, -0.1) is 0 Å². The summed E-state index contributed by atoms with van der Waals surface area (Å²) in [7, 11) is 3.28. The minimum absolute atomic E-state index is 0.699. The molecule has 0 radical (unpaired) electrons. The molecule has 1 aromatic heterocycles. The number of fused-ring (bicyclic) bond motifs is 1. The average Bonchev–Trinajstić information content (AvgIpc) is 2.74. The summed E-state index contributed by atoms with van der Waals surface area (Å²) in [6.45, 7) is 0. The van der Waals surface area contributed by atoms with E-state index in [0.29, 0.717) is 5.75 Å². The van der Waals surface area contributed by atoms with E-state index < -0.39 is 0 Å². The number of nitrogens with one attached hydrogen (secondary N) is 1. The van der Waals surface area contributed by atoms with Crippen LogP contribution in [0.1, 0.15) is 0 Å². The molecule has 0 bridgehead atoms. The summed E-state index contributed by atoms with van der Waals surface area (Å²) in [6.07, 6.45) is 0. The first-order chi connectivity index (χ1) is 13.7. The lowest BCUT2D eigenvalue weighted by atomic mass is 10.1. The Morgan fingerprint density at radius 2 is 1.68 bits per heavy atom. The predicted molar refractivity (Wildman–Crippen MR) is 113 cm³/mol. The second-order valence-corrected chi connectivity index (χ2v) is 7.14. The first-order valence-electron chi connectivity index (χ1n) is 8.79. The van der Waals surface area contributed by atoms with E-state index in [1.807, 2.05) is 72.8 Å². The predicted octanol–water partition coefficient (Wildman–Crippen LogP) is 4.19. The number of hydrogen-bond acceptors (Lipinski definition) is 3. The van der Waals surface area contributed by atoms with Crippen LogP contribution >= 0.6 is 15.9 Å². The summed E-state index contributed by atoms with van der Waals surface area (Å²) in [5, 5.41) is 1.89. The molecule has 28 heavy (non-hydrogen) atoms. The Morgan fingerprint density at radius 3 is 2.43 bits per heavy atom. The van der Waals surface area contributed by atoms with E-state index in [2.05, 4.69) is 20.9 Å². The minimum Gasteiger partial charge on any atom is -0.497 e. The molecule has 4 nitrogen and oxygen atoms in total. The fourth-order valence-electron chi connectivity index (χ4n) is 3.05. The van der Waals surface area contributed by atoms with E-state index in [4.69, 9.17) is 13.9 Å². The molecule has 1 N–H and O–H groups in total. The quantitative estimate of drug-likeness (QED) is 0.521. The second kappa shape index (κ2) is 7.90. The largest absolute Gasteiger partial charge is 0.497 e. The molecule has 0 amide bonds. The number of methoxy groups -OCH3 is 2. The summed E-state index contributed by atoms with van der Waals surface area (Å²) >= 11 is 3.55. The van der Waals surface area contributed by atoms with Gasteiger partial charge in [-0.25, -0.2) is 4.99 Å². The van der Waals surface area contributed by atoms with Gasteiger partial charge < -0.3 is 13.9 Å². The normalized spacial score (nSPS) is 11.6. The number of benzene rings is 3. The van der Waals surface area contributed by atoms with Gasteiger partial charge in [-0.1, -0.05) is 46.3 Å². The highest BCUT2D eigenvalue weighted by Crippen LogP contribution is 2.26. The number of rotatable bonds is 4. The molecule has 1 heterocycles. The van der Waals surface area contributed by atoms with E-state index in [1.54, 1.807) is 14.2 Å². The molecule has 0 saturated heterocycles. The minimum atomic E-state index is 0.699. The third-order valence-corrected chi connectivity index (χ3v) is 4.96. The first kappa shape index (κ1) is 18.3. The van der Waals surface area contributed by atoms with Gasteiger partial charge in [0.15, 0.2) is 5.75 Å². The maximum absolute atomic E-state index is 6.16. The Balaban J connectivity index is 1.99. The molecular weight excluding hydrogens is 418 g/mol. The van der Waals surface area contributed by atoms with E-state index in [-0.39, 0.29) is 0 Å². The molecule has 3 aromatic carbocycles. The number of halogens is 1.